The van der Waals surface area contributed by atoms with Gasteiger partial charge in [0.15, 0.2) is 0 Å². The van der Waals surface area contributed by atoms with E-state index in [1.165, 1.54) is 25.3 Å². The van der Waals surface area contributed by atoms with Crippen LogP contribution in [0.25, 0.3) is 0 Å². The van der Waals surface area contributed by atoms with E-state index in [1.54, 1.807) is 0 Å². The highest BCUT2D eigenvalue weighted by Crippen LogP contribution is 2.31. The van der Waals surface area contributed by atoms with Crippen molar-refractivity contribution in [2.24, 2.45) is 11.8 Å². The van der Waals surface area contributed by atoms with Gasteiger partial charge in [-0.3, -0.25) is 4.79 Å². The number of amides is 1. The fourth-order valence-corrected chi connectivity index (χ4v) is 2.06. The first kappa shape index (κ1) is 18.4. The van der Waals surface area contributed by atoms with Crippen molar-refractivity contribution in [3.63, 3.8) is 0 Å². The van der Waals surface area contributed by atoms with E-state index >= 15 is 0 Å². The number of nitrogens with one attached hydrogen (secondary N) is 2. The zero-order valence-corrected chi connectivity index (χ0v) is 13.1. The van der Waals surface area contributed by atoms with E-state index in [9.17, 15) is 13.6 Å². The average Bonchev–Trinajstić information content (AvgIpc) is 2.38. The minimum absolute atomic E-state index is 0. The Morgan fingerprint density at radius 1 is 1.41 bits per heavy atom. The lowest BCUT2D eigenvalue weighted by molar-refractivity contribution is -0.121. The number of halogens is 3. The van der Waals surface area contributed by atoms with Gasteiger partial charge in [0, 0.05) is 12.0 Å². The molecule has 5 nitrogen and oxygen atoms in total. The number of ether oxygens (including phenoxy) is 2. The predicted octanol–water partition coefficient (Wildman–Crippen LogP) is 2.51. The Kier molecular flexibility index (Phi) is 6.83. The van der Waals surface area contributed by atoms with Crippen LogP contribution in [0.4, 0.5) is 14.5 Å². The van der Waals surface area contributed by atoms with E-state index in [0.717, 1.165) is 13.1 Å². The molecule has 124 valence electrons. The molecule has 1 aliphatic rings. The molecule has 1 aromatic carbocycles. The zero-order valence-electron chi connectivity index (χ0n) is 12.3. The number of anilines is 1. The van der Waals surface area contributed by atoms with Crippen LogP contribution in [0, 0.1) is 11.8 Å². The SMILES string of the molecule is COc1ccc(OC(F)F)c(NC(=O)C(C)C2CNC2)c1.Cl. The molecule has 0 saturated carbocycles. The van der Waals surface area contributed by atoms with Gasteiger partial charge in [-0.2, -0.15) is 8.78 Å². The van der Waals surface area contributed by atoms with Crippen LogP contribution in [-0.4, -0.2) is 32.7 Å². The van der Waals surface area contributed by atoms with E-state index in [1.807, 2.05) is 6.92 Å². The molecule has 22 heavy (non-hydrogen) atoms. The second-order valence-corrected chi connectivity index (χ2v) is 4.94. The Morgan fingerprint density at radius 2 is 2.09 bits per heavy atom. The van der Waals surface area contributed by atoms with Gasteiger partial charge in [0.2, 0.25) is 5.91 Å². The quantitative estimate of drug-likeness (QED) is 0.838. The molecule has 1 atom stereocenters. The highest BCUT2D eigenvalue weighted by molar-refractivity contribution is 5.94. The number of alkyl halides is 2. The number of hydrogen-bond donors (Lipinski definition) is 2. The van der Waals surface area contributed by atoms with Gasteiger partial charge in [-0.15, -0.1) is 12.4 Å². The van der Waals surface area contributed by atoms with Crippen molar-refractivity contribution < 1.29 is 23.0 Å². The van der Waals surface area contributed by atoms with Crippen LogP contribution in [0.3, 0.4) is 0 Å². The molecule has 1 unspecified atom stereocenters. The Bertz CT molecular complexity index is 513. The second kappa shape index (κ2) is 8.14. The molecule has 1 aromatic rings. The molecule has 1 heterocycles. The smallest absolute Gasteiger partial charge is 0.387 e. The molecule has 0 spiro atoms. The molecule has 1 saturated heterocycles. The summed E-state index contributed by atoms with van der Waals surface area (Å²) >= 11 is 0. The lowest BCUT2D eigenvalue weighted by atomic mass is 9.88. The molecule has 0 aromatic heterocycles. The van der Waals surface area contributed by atoms with Gasteiger partial charge in [-0.1, -0.05) is 6.92 Å². The first-order valence-corrected chi connectivity index (χ1v) is 6.65. The minimum Gasteiger partial charge on any atom is -0.497 e. The molecule has 0 radical (unpaired) electrons. The first-order valence-electron chi connectivity index (χ1n) is 6.65. The lowest BCUT2D eigenvalue weighted by Gasteiger charge is -2.31. The van der Waals surface area contributed by atoms with Gasteiger partial charge in [0.1, 0.15) is 11.5 Å². The summed E-state index contributed by atoms with van der Waals surface area (Å²) in [6, 6.07) is 4.30. The van der Waals surface area contributed by atoms with Crippen molar-refractivity contribution in [1.82, 2.24) is 5.32 Å². The van der Waals surface area contributed by atoms with E-state index in [0.29, 0.717) is 5.75 Å². The third kappa shape index (κ3) is 4.45. The largest absolute Gasteiger partial charge is 0.497 e. The number of benzene rings is 1. The van der Waals surface area contributed by atoms with Crippen molar-refractivity contribution in [3.8, 4) is 11.5 Å². The first-order chi connectivity index (χ1) is 10.0. The Balaban J connectivity index is 0.00000242. The average molecular weight is 337 g/mol. The summed E-state index contributed by atoms with van der Waals surface area (Å²) < 4.78 is 34.2. The molecular formula is C14H19ClF2N2O3. The second-order valence-electron chi connectivity index (χ2n) is 4.94. The van der Waals surface area contributed by atoms with Crippen LogP contribution in [0.2, 0.25) is 0 Å². The van der Waals surface area contributed by atoms with Gasteiger partial charge in [0.05, 0.1) is 12.8 Å². The van der Waals surface area contributed by atoms with Crippen LogP contribution in [0.5, 0.6) is 11.5 Å². The summed E-state index contributed by atoms with van der Waals surface area (Å²) in [5.74, 6) is 0.184. The highest BCUT2D eigenvalue weighted by Gasteiger charge is 2.29. The van der Waals surface area contributed by atoms with E-state index in [4.69, 9.17) is 4.74 Å². The highest BCUT2D eigenvalue weighted by atomic mass is 35.5. The Labute approximate surface area is 133 Å². The number of methoxy groups -OCH3 is 1. The van der Waals surface area contributed by atoms with Crippen molar-refractivity contribution in [3.05, 3.63) is 18.2 Å². The maximum atomic E-state index is 12.4. The molecule has 8 heteroatoms. The van der Waals surface area contributed by atoms with Gasteiger partial charge in [-0.05, 0) is 31.1 Å². The molecule has 0 aliphatic carbocycles. The molecule has 1 fully saturated rings. The Hall–Kier alpha value is -1.60. The lowest BCUT2D eigenvalue weighted by Crippen LogP contribution is -2.48. The standard InChI is InChI=1S/C14H18F2N2O3.ClH/c1-8(9-6-17-7-9)13(19)18-11-5-10(20-2)3-4-12(11)21-14(15)16;/h3-5,8-9,14,17H,6-7H2,1-2H3,(H,18,19);1H. The maximum Gasteiger partial charge on any atom is 0.387 e. The van der Waals surface area contributed by atoms with Crippen LogP contribution < -0.4 is 20.1 Å². The van der Waals surface area contributed by atoms with Crippen LogP contribution in [0.1, 0.15) is 6.92 Å². The van der Waals surface area contributed by atoms with E-state index in [2.05, 4.69) is 15.4 Å². The molecule has 1 aliphatic heterocycles. The summed E-state index contributed by atoms with van der Waals surface area (Å²) in [5, 5.41) is 5.73. The number of carbonyl (C=O) groups is 1. The topological polar surface area (TPSA) is 59.6 Å². The van der Waals surface area contributed by atoms with Crippen LogP contribution >= 0.6 is 12.4 Å². The minimum atomic E-state index is -2.96. The number of carbonyl (C=O) groups excluding carboxylic acids is 1. The fourth-order valence-electron chi connectivity index (χ4n) is 2.06. The predicted molar refractivity (Wildman–Crippen MR) is 81.0 cm³/mol. The van der Waals surface area contributed by atoms with Crippen molar-refractivity contribution in [2.75, 3.05) is 25.5 Å². The number of hydrogen-bond acceptors (Lipinski definition) is 4. The summed E-state index contributed by atoms with van der Waals surface area (Å²) in [4.78, 5) is 12.2. The third-order valence-corrected chi connectivity index (χ3v) is 3.59. The van der Waals surface area contributed by atoms with E-state index in [-0.39, 0.29) is 41.6 Å². The van der Waals surface area contributed by atoms with Crippen molar-refractivity contribution in [1.29, 1.82) is 0 Å². The summed E-state index contributed by atoms with van der Waals surface area (Å²) in [6.45, 7) is 0.428. The monoisotopic (exact) mass is 336 g/mol. The fraction of sp³-hybridized carbons (Fsp3) is 0.500. The van der Waals surface area contributed by atoms with Gasteiger partial charge in [0.25, 0.3) is 0 Å². The van der Waals surface area contributed by atoms with Crippen molar-refractivity contribution in [2.45, 2.75) is 13.5 Å². The van der Waals surface area contributed by atoms with Crippen LogP contribution in [0.15, 0.2) is 18.2 Å². The molecular weight excluding hydrogens is 318 g/mol. The summed E-state index contributed by atoms with van der Waals surface area (Å²) in [6.07, 6.45) is 0. The van der Waals surface area contributed by atoms with Gasteiger partial charge < -0.3 is 20.1 Å². The van der Waals surface area contributed by atoms with Gasteiger partial charge >= 0.3 is 6.61 Å². The summed E-state index contributed by atoms with van der Waals surface area (Å²) in [5.41, 5.74) is 0.179. The molecule has 2 N–H and O–H groups in total. The zero-order chi connectivity index (χ0) is 15.4. The third-order valence-electron chi connectivity index (χ3n) is 3.59. The van der Waals surface area contributed by atoms with Gasteiger partial charge in [-0.25, -0.2) is 0 Å². The number of rotatable bonds is 6. The van der Waals surface area contributed by atoms with E-state index < -0.39 is 6.61 Å². The van der Waals surface area contributed by atoms with Crippen molar-refractivity contribution >= 4 is 24.0 Å². The Morgan fingerprint density at radius 3 is 2.59 bits per heavy atom. The molecule has 0 bridgehead atoms. The maximum absolute atomic E-state index is 12.4. The van der Waals surface area contributed by atoms with Crippen LogP contribution in [-0.2, 0) is 4.79 Å². The molecule has 2 rings (SSSR count). The molecule has 1 amide bonds. The summed E-state index contributed by atoms with van der Waals surface area (Å²) in [7, 11) is 1.46. The normalized spacial score (nSPS) is 15.5.